The molecule has 0 saturated carbocycles. The Balaban J connectivity index is 2.38. The summed E-state index contributed by atoms with van der Waals surface area (Å²) in [6, 6.07) is 9.52. The van der Waals surface area contributed by atoms with Crippen LogP contribution < -0.4 is 0 Å². The number of aliphatic carboxylic acids is 1. The van der Waals surface area contributed by atoms with E-state index in [0.29, 0.717) is 24.0 Å². The third kappa shape index (κ3) is 2.26. The summed E-state index contributed by atoms with van der Waals surface area (Å²) < 4.78 is 0. The lowest BCUT2D eigenvalue weighted by atomic mass is 9.91. The maximum Gasteiger partial charge on any atom is 0.331 e. The lowest BCUT2D eigenvalue weighted by Crippen LogP contribution is -2.04. The fourth-order valence-corrected chi connectivity index (χ4v) is 1.90. The van der Waals surface area contributed by atoms with Gasteiger partial charge in [0.15, 0.2) is 0 Å². The summed E-state index contributed by atoms with van der Waals surface area (Å²) in [6.07, 6.45) is 4.59. The molecule has 0 heterocycles. The van der Waals surface area contributed by atoms with Crippen LogP contribution in [-0.4, -0.2) is 11.1 Å². The maximum absolute atomic E-state index is 10.8. The van der Waals surface area contributed by atoms with Gasteiger partial charge in [0, 0.05) is 5.57 Å². The van der Waals surface area contributed by atoms with E-state index in [1.165, 1.54) is 0 Å². The summed E-state index contributed by atoms with van der Waals surface area (Å²) in [5.74, 6) is -0.867. The quantitative estimate of drug-likeness (QED) is 0.841. The van der Waals surface area contributed by atoms with Crippen LogP contribution in [0.4, 0.5) is 0 Å². The van der Waals surface area contributed by atoms with E-state index in [2.05, 4.69) is 6.07 Å². The molecule has 0 amide bonds. The highest BCUT2D eigenvalue weighted by atomic mass is 16.4. The predicted molar refractivity (Wildman–Crippen MR) is 64.1 cm³/mol. The van der Waals surface area contributed by atoms with Gasteiger partial charge in [-0.3, -0.25) is 0 Å². The Hall–Kier alpha value is -2.34. The van der Waals surface area contributed by atoms with Crippen molar-refractivity contribution < 1.29 is 9.90 Å². The molecule has 0 unspecified atom stereocenters. The minimum Gasteiger partial charge on any atom is -0.478 e. The Morgan fingerprint density at radius 2 is 2.00 bits per heavy atom. The number of rotatable bonds is 2. The molecule has 3 nitrogen and oxygen atoms in total. The number of allylic oxidation sites excluding steroid dienone is 3. The Morgan fingerprint density at radius 3 is 2.59 bits per heavy atom. The molecule has 1 aliphatic carbocycles. The summed E-state index contributed by atoms with van der Waals surface area (Å²) in [7, 11) is 0. The van der Waals surface area contributed by atoms with Crippen LogP contribution in [0.25, 0.3) is 5.57 Å². The van der Waals surface area contributed by atoms with E-state index in [1.54, 1.807) is 18.2 Å². The number of benzene rings is 1. The monoisotopic (exact) mass is 225 g/mol. The first-order valence-corrected chi connectivity index (χ1v) is 5.35. The van der Waals surface area contributed by atoms with Crippen molar-refractivity contribution in [2.24, 2.45) is 0 Å². The van der Waals surface area contributed by atoms with E-state index in [9.17, 15) is 4.79 Å². The van der Waals surface area contributed by atoms with Gasteiger partial charge in [0.25, 0.3) is 0 Å². The minimum absolute atomic E-state index is 0.420. The highest BCUT2D eigenvalue weighted by molar-refractivity contribution is 5.89. The van der Waals surface area contributed by atoms with Crippen molar-refractivity contribution in [2.75, 3.05) is 0 Å². The highest BCUT2D eigenvalue weighted by Gasteiger charge is 2.14. The fourth-order valence-electron chi connectivity index (χ4n) is 1.90. The summed E-state index contributed by atoms with van der Waals surface area (Å²) in [4.78, 5) is 10.8. The summed E-state index contributed by atoms with van der Waals surface area (Å²) in [5, 5.41) is 17.8. The SMILES string of the molecule is N#Cc1ccccc1C1=CC=C(C(=O)O)CC1. The Labute approximate surface area is 99.3 Å². The van der Waals surface area contributed by atoms with Gasteiger partial charge in [0.2, 0.25) is 0 Å². The average molecular weight is 225 g/mol. The number of carbonyl (C=O) groups is 1. The van der Waals surface area contributed by atoms with E-state index in [-0.39, 0.29) is 0 Å². The normalized spacial score (nSPS) is 14.5. The molecule has 0 aromatic heterocycles. The molecular formula is C14H11NO2. The van der Waals surface area contributed by atoms with Gasteiger partial charge < -0.3 is 5.11 Å². The van der Waals surface area contributed by atoms with Gasteiger partial charge in [-0.15, -0.1) is 0 Å². The van der Waals surface area contributed by atoms with E-state index >= 15 is 0 Å². The van der Waals surface area contributed by atoms with Crippen LogP contribution in [0.3, 0.4) is 0 Å². The first-order valence-electron chi connectivity index (χ1n) is 5.35. The second-order valence-electron chi connectivity index (χ2n) is 3.85. The molecule has 0 atom stereocenters. The van der Waals surface area contributed by atoms with Crippen molar-refractivity contribution in [3.05, 3.63) is 53.1 Å². The third-order valence-corrected chi connectivity index (χ3v) is 2.82. The van der Waals surface area contributed by atoms with E-state index in [4.69, 9.17) is 10.4 Å². The highest BCUT2D eigenvalue weighted by Crippen LogP contribution is 2.28. The summed E-state index contributed by atoms with van der Waals surface area (Å²) in [5.41, 5.74) is 2.97. The van der Waals surface area contributed by atoms with Crippen LogP contribution in [0, 0.1) is 11.3 Å². The van der Waals surface area contributed by atoms with Crippen LogP contribution >= 0.6 is 0 Å². The number of nitrogens with zero attached hydrogens (tertiary/aromatic N) is 1. The second-order valence-corrected chi connectivity index (χ2v) is 3.85. The topological polar surface area (TPSA) is 61.1 Å². The zero-order chi connectivity index (χ0) is 12.3. The number of hydrogen-bond donors (Lipinski definition) is 1. The second kappa shape index (κ2) is 4.67. The molecule has 0 radical (unpaired) electrons. The van der Waals surface area contributed by atoms with E-state index in [1.807, 2.05) is 18.2 Å². The van der Waals surface area contributed by atoms with E-state index in [0.717, 1.165) is 11.1 Å². The van der Waals surface area contributed by atoms with Gasteiger partial charge in [-0.2, -0.15) is 5.26 Å². The van der Waals surface area contributed by atoms with Crippen LogP contribution in [0.2, 0.25) is 0 Å². The predicted octanol–water partition coefficient (Wildman–Crippen LogP) is 2.75. The van der Waals surface area contributed by atoms with Crippen molar-refractivity contribution in [1.29, 1.82) is 5.26 Å². The molecule has 84 valence electrons. The molecule has 17 heavy (non-hydrogen) atoms. The Kier molecular flexibility index (Phi) is 3.06. The number of hydrogen-bond acceptors (Lipinski definition) is 2. The lowest BCUT2D eigenvalue weighted by molar-refractivity contribution is -0.132. The van der Waals surface area contributed by atoms with Crippen LogP contribution in [0.5, 0.6) is 0 Å². The molecule has 0 fully saturated rings. The Morgan fingerprint density at radius 1 is 1.24 bits per heavy atom. The maximum atomic E-state index is 10.8. The molecule has 0 bridgehead atoms. The largest absolute Gasteiger partial charge is 0.478 e. The van der Waals surface area contributed by atoms with Gasteiger partial charge in [-0.1, -0.05) is 30.4 Å². The number of carboxylic acids is 1. The van der Waals surface area contributed by atoms with Gasteiger partial charge in [0.05, 0.1) is 11.6 Å². The van der Waals surface area contributed by atoms with Crippen molar-refractivity contribution in [3.8, 4) is 6.07 Å². The first kappa shape index (κ1) is 11.2. The van der Waals surface area contributed by atoms with Gasteiger partial charge in [-0.25, -0.2) is 4.79 Å². The molecule has 1 N–H and O–H groups in total. The van der Waals surface area contributed by atoms with Crippen molar-refractivity contribution in [3.63, 3.8) is 0 Å². The zero-order valence-electron chi connectivity index (χ0n) is 9.18. The lowest BCUT2D eigenvalue weighted by Gasteiger charge is -2.13. The van der Waals surface area contributed by atoms with Gasteiger partial charge in [0.1, 0.15) is 0 Å². The molecule has 1 aromatic carbocycles. The molecule has 0 saturated heterocycles. The standard InChI is InChI=1S/C14H11NO2/c15-9-12-3-1-2-4-13(12)10-5-7-11(8-6-10)14(16)17/h1-5,7H,6,8H2,(H,16,17). The fraction of sp³-hybridized carbons (Fsp3) is 0.143. The molecule has 0 spiro atoms. The van der Waals surface area contributed by atoms with Crippen LogP contribution in [0.1, 0.15) is 24.0 Å². The molecular weight excluding hydrogens is 214 g/mol. The van der Waals surface area contributed by atoms with E-state index < -0.39 is 5.97 Å². The number of carboxylic acid groups (broad SMARTS) is 1. The third-order valence-electron chi connectivity index (χ3n) is 2.82. The number of nitriles is 1. The van der Waals surface area contributed by atoms with Gasteiger partial charge >= 0.3 is 5.97 Å². The molecule has 0 aliphatic heterocycles. The van der Waals surface area contributed by atoms with Crippen LogP contribution in [-0.2, 0) is 4.79 Å². The minimum atomic E-state index is -0.867. The molecule has 1 aromatic rings. The van der Waals surface area contributed by atoms with Crippen molar-refractivity contribution >= 4 is 11.5 Å². The molecule has 1 aliphatic rings. The summed E-state index contributed by atoms with van der Waals surface area (Å²) >= 11 is 0. The van der Waals surface area contributed by atoms with Crippen molar-refractivity contribution in [2.45, 2.75) is 12.8 Å². The zero-order valence-corrected chi connectivity index (χ0v) is 9.18. The summed E-state index contributed by atoms with van der Waals surface area (Å²) in [6.45, 7) is 0. The van der Waals surface area contributed by atoms with Crippen LogP contribution in [0.15, 0.2) is 42.0 Å². The first-order chi connectivity index (χ1) is 8.22. The molecule has 3 heteroatoms. The molecule has 2 rings (SSSR count). The average Bonchev–Trinajstić information content (AvgIpc) is 2.39. The van der Waals surface area contributed by atoms with Gasteiger partial charge in [-0.05, 0) is 30.0 Å². The smallest absolute Gasteiger partial charge is 0.331 e. The van der Waals surface area contributed by atoms with Crippen molar-refractivity contribution in [1.82, 2.24) is 0 Å². The Bertz CT molecular complexity index is 562.